The molecule has 1 saturated heterocycles. The van der Waals surface area contributed by atoms with Gasteiger partial charge in [-0.2, -0.15) is 0 Å². The first-order chi connectivity index (χ1) is 17.5. The van der Waals surface area contributed by atoms with Gasteiger partial charge in [0.1, 0.15) is 6.04 Å². The molecule has 7 heteroatoms. The van der Waals surface area contributed by atoms with Crippen molar-refractivity contribution in [3.63, 3.8) is 0 Å². The summed E-state index contributed by atoms with van der Waals surface area (Å²) in [6.07, 6.45) is 0.745. The lowest BCUT2D eigenvalue weighted by atomic mass is 9.80. The number of likely N-dealkylation sites (tertiary alicyclic amines) is 1. The summed E-state index contributed by atoms with van der Waals surface area (Å²) < 4.78 is 5.90. The lowest BCUT2D eigenvalue weighted by molar-refractivity contribution is -0.146. The van der Waals surface area contributed by atoms with Gasteiger partial charge in [-0.25, -0.2) is 0 Å². The van der Waals surface area contributed by atoms with Crippen LogP contribution in [0.1, 0.15) is 46.8 Å². The van der Waals surface area contributed by atoms with E-state index in [1.807, 2.05) is 73.7 Å². The predicted octanol–water partition coefficient (Wildman–Crippen LogP) is 5.11. The number of carbonyl (C=O) groups excluding carboxylic acids is 3. The summed E-state index contributed by atoms with van der Waals surface area (Å²) >= 11 is 3.50. The summed E-state index contributed by atoms with van der Waals surface area (Å²) in [6.45, 7) is 2.43. The standard InChI is InChI=1S/C29H29BrN2O4/c1-3-18-31-27(33)26-23(19-12-6-4-7-13-19)24(29(35)36-2)25(20-14-8-5-9-15-20)32(26)28(34)21-16-10-11-17-22(21)30/h4-17,23-26H,3,18H2,1-2H3,(H,31,33). The second-order valence-electron chi connectivity index (χ2n) is 8.77. The van der Waals surface area contributed by atoms with Crippen molar-refractivity contribution in [3.05, 3.63) is 106 Å². The highest BCUT2D eigenvalue weighted by Crippen LogP contribution is 2.51. The predicted molar refractivity (Wildman–Crippen MR) is 141 cm³/mol. The number of halogens is 1. The number of nitrogens with one attached hydrogen (secondary N) is 1. The first kappa shape index (κ1) is 25.6. The molecule has 1 N–H and O–H groups in total. The molecule has 0 bridgehead atoms. The van der Waals surface area contributed by atoms with Crippen molar-refractivity contribution in [1.29, 1.82) is 0 Å². The Morgan fingerprint density at radius 3 is 2.06 bits per heavy atom. The SMILES string of the molecule is CCCNC(=O)C1C(c2ccccc2)C(C(=O)OC)C(c2ccccc2)N1C(=O)c1ccccc1Br. The number of benzene rings is 3. The molecule has 3 aromatic carbocycles. The largest absolute Gasteiger partial charge is 0.469 e. The lowest BCUT2D eigenvalue weighted by Crippen LogP contribution is -2.49. The van der Waals surface area contributed by atoms with Gasteiger partial charge in [0.25, 0.3) is 5.91 Å². The van der Waals surface area contributed by atoms with Gasteiger partial charge in [-0.1, -0.05) is 79.7 Å². The highest BCUT2D eigenvalue weighted by atomic mass is 79.9. The van der Waals surface area contributed by atoms with Gasteiger partial charge >= 0.3 is 5.97 Å². The Morgan fingerprint density at radius 1 is 0.889 bits per heavy atom. The summed E-state index contributed by atoms with van der Waals surface area (Å²) in [6, 6.07) is 24.3. The van der Waals surface area contributed by atoms with E-state index in [0.29, 0.717) is 16.6 Å². The number of carbonyl (C=O) groups is 3. The second kappa shape index (κ2) is 11.5. The van der Waals surface area contributed by atoms with E-state index in [1.54, 1.807) is 23.1 Å². The van der Waals surface area contributed by atoms with Crippen molar-refractivity contribution in [2.45, 2.75) is 31.3 Å². The number of hydrogen-bond acceptors (Lipinski definition) is 4. The molecule has 0 spiro atoms. The molecule has 0 aliphatic carbocycles. The fraction of sp³-hybridized carbons (Fsp3) is 0.276. The van der Waals surface area contributed by atoms with Gasteiger partial charge in [0.05, 0.1) is 24.6 Å². The molecule has 0 aromatic heterocycles. The maximum Gasteiger partial charge on any atom is 0.311 e. The first-order valence-electron chi connectivity index (χ1n) is 12.0. The number of hydrogen-bond donors (Lipinski definition) is 1. The zero-order valence-corrected chi connectivity index (χ0v) is 21.9. The molecule has 1 fully saturated rings. The van der Waals surface area contributed by atoms with E-state index in [9.17, 15) is 14.4 Å². The van der Waals surface area contributed by atoms with Gasteiger partial charge in [-0.3, -0.25) is 14.4 Å². The van der Waals surface area contributed by atoms with E-state index >= 15 is 0 Å². The van der Waals surface area contributed by atoms with Crippen LogP contribution < -0.4 is 5.32 Å². The Bertz CT molecular complexity index is 1220. The third kappa shape index (κ3) is 4.93. The lowest BCUT2D eigenvalue weighted by Gasteiger charge is -2.32. The van der Waals surface area contributed by atoms with Crippen molar-refractivity contribution >= 4 is 33.7 Å². The van der Waals surface area contributed by atoms with Crippen LogP contribution in [0.3, 0.4) is 0 Å². The van der Waals surface area contributed by atoms with Crippen LogP contribution in [-0.4, -0.2) is 42.4 Å². The van der Waals surface area contributed by atoms with Crippen LogP contribution in [0.25, 0.3) is 0 Å². The third-order valence-corrected chi connectivity index (χ3v) is 7.31. The van der Waals surface area contributed by atoms with Gasteiger partial charge in [0.15, 0.2) is 0 Å². The Hall–Kier alpha value is -3.45. The number of nitrogens with zero attached hydrogens (tertiary/aromatic N) is 1. The summed E-state index contributed by atoms with van der Waals surface area (Å²) in [7, 11) is 1.34. The monoisotopic (exact) mass is 548 g/mol. The van der Waals surface area contributed by atoms with Gasteiger partial charge in [-0.05, 0) is 45.6 Å². The minimum Gasteiger partial charge on any atom is -0.469 e. The first-order valence-corrected chi connectivity index (χ1v) is 12.8. The van der Waals surface area contributed by atoms with E-state index in [0.717, 1.165) is 17.5 Å². The second-order valence-corrected chi connectivity index (χ2v) is 9.62. The molecule has 4 unspecified atom stereocenters. The van der Waals surface area contributed by atoms with Crippen molar-refractivity contribution in [3.8, 4) is 0 Å². The van der Waals surface area contributed by atoms with Crippen LogP contribution in [0.4, 0.5) is 0 Å². The number of amides is 2. The van der Waals surface area contributed by atoms with Crippen LogP contribution in [-0.2, 0) is 14.3 Å². The van der Waals surface area contributed by atoms with Crippen molar-refractivity contribution in [2.75, 3.05) is 13.7 Å². The Labute approximate surface area is 219 Å². The van der Waals surface area contributed by atoms with Crippen LogP contribution in [0.2, 0.25) is 0 Å². The maximum absolute atomic E-state index is 14.2. The summed E-state index contributed by atoms with van der Waals surface area (Å²) in [5.41, 5.74) is 1.98. The van der Waals surface area contributed by atoms with Crippen molar-refractivity contribution in [1.82, 2.24) is 10.2 Å². The van der Waals surface area contributed by atoms with Crippen molar-refractivity contribution in [2.24, 2.45) is 5.92 Å². The fourth-order valence-electron chi connectivity index (χ4n) is 5.08. The van der Waals surface area contributed by atoms with Crippen LogP contribution in [0.15, 0.2) is 89.4 Å². The quantitative estimate of drug-likeness (QED) is 0.416. The van der Waals surface area contributed by atoms with E-state index < -0.39 is 29.9 Å². The van der Waals surface area contributed by atoms with Gasteiger partial charge in [0, 0.05) is 16.9 Å². The number of rotatable bonds is 7. The summed E-state index contributed by atoms with van der Waals surface area (Å²) in [4.78, 5) is 43.0. The third-order valence-electron chi connectivity index (χ3n) is 6.62. The molecule has 1 aliphatic rings. The number of methoxy groups -OCH3 is 1. The summed E-state index contributed by atoms with van der Waals surface area (Å²) in [5, 5.41) is 2.98. The minimum absolute atomic E-state index is 0.293. The molecule has 0 radical (unpaired) electrons. The number of esters is 1. The maximum atomic E-state index is 14.2. The van der Waals surface area contributed by atoms with Gasteiger partial charge in [-0.15, -0.1) is 0 Å². The van der Waals surface area contributed by atoms with Gasteiger partial charge in [0.2, 0.25) is 5.91 Å². The Kier molecular flexibility index (Phi) is 8.21. The van der Waals surface area contributed by atoms with E-state index in [4.69, 9.17) is 4.74 Å². The molecule has 3 aromatic rings. The highest BCUT2D eigenvalue weighted by Gasteiger charge is 2.58. The average Bonchev–Trinajstić information content (AvgIpc) is 3.28. The van der Waals surface area contributed by atoms with E-state index in [1.165, 1.54) is 7.11 Å². The molecule has 0 saturated carbocycles. The molecule has 6 nitrogen and oxygen atoms in total. The number of ether oxygens (including phenoxy) is 1. The molecule has 4 atom stereocenters. The smallest absolute Gasteiger partial charge is 0.311 e. The zero-order valence-electron chi connectivity index (χ0n) is 20.3. The minimum atomic E-state index is -0.923. The molecule has 2 amide bonds. The van der Waals surface area contributed by atoms with E-state index in [-0.39, 0.29) is 11.8 Å². The highest BCUT2D eigenvalue weighted by molar-refractivity contribution is 9.10. The molecule has 1 aliphatic heterocycles. The Balaban J connectivity index is 1.98. The van der Waals surface area contributed by atoms with E-state index in [2.05, 4.69) is 21.2 Å². The van der Waals surface area contributed by atoms with Crippen LogP contribution in [0.5, 0.6) is 0 Å². The van der Waals surface area contributed by atoms with Crippen LogP contribution in [0, 0.1) is 5.92 Å². The normalized spacial score (nSPS) is 21.1. The molecule has 1 heterocycles. The molecule has 4 rings (SSSR count). The molecule has 36 heavy (non-hydrogen) atoms. The molecular weight excluding hydrogens is 520 g/mol. The topological polar surface area (TPSA) is 75.7 Å². The van der Waals surface area contributed by atoms with Gasteiger partial charge < -0.3 is 15.0 Å². The summed E-state index contributed by atoms with van der Waals surface area (Å²) in [5.74, 6) is -2.48. The Morgan fingerprint density at radius 2 is 1.47 bits per heavy atom. The van der Waals surface area contributed by atoms with Crippen LogP contribution >= 0.6 is 15.9 Å². The average molecular weight is 549 g/mol. The fourth-order valence-corrected chi connectivity index (χ4v) is 5.53. The molecular formula is C29H29BrN2O4. The van der Waals surface area contributed by atoms with Crippen molar-refractivity contribution < 1.29 is 19.1 Å². The molecule has 186 valence electrons. The zero-order chi connectivity index (χ0) is 25.7.